The van der Waals surface area contributed by atoms with E-state index in [9.17, 15) is 0 Å². The summed E-state index contributed by atoms with van der Waals surface area (Å²) in [7, 11) is 0. The van der Waals surface area contributed by atoms with Crippen molar-refractivity contribution in [1.29, 1.82) is 0 Å². The number of ether oxygens (including phenoxy) is 1. The number of nitrogens with one attached hydrogen (secondary N) is 1. The van der Waals surface area contributed by atoms with Gasteiger partial charge in [0.15, 0.2) is 0 Å². The molecule has 0 saturated carbocycles. The Balaban J connectivity index is 2.54. The van der Waals surface area contributed by atoms with Gasteiger partial charge in [-0.25, -0.2) is 0 Å². The third-order valence-corrected chi connectivity index (χ3v) is 4.68. The first-order chi connectivity index (χ1) is 9.80. The molecule has 1 aromatic carbocycles. The minimum Gasteiger partial charge on any atom is -0.494 e. The highest BCUT2D eigenvalue weighted by Gasteiger charge is 2.27. The second-order valence-corrected chi connectivity index (χ2v) is 7.78. The third-order valence-electron chi connectivity index (χ3n) is 4.19. The van der Waals surface area contributed by atoms with Gasteiger partial charge in [-0.3, -0.25) is 0 Å². The summed E-state index contributed by atoms with van der Waals surface area (Å²) in [5.41, 5.74) is 0.486. The molecule has 0 amide bonds. The maximum atomic E-state index is 5.92. The molecule has 1 N–H and O–H groups in total. The molecule has 3 heteroatoms. The predicted molar refractivity (Wildman–Crippen MR) is 95.0 cm³/mol. The van der Waals surface area contributed by atoms with Crippen molar-refractivity contribution < 1.29 is 4.74 Å². The van der Waals surface area contributed by atoms with E-state index in [-0.39, 0.29) is 5.54 Å². The molecular formula is C18H30BrNO. The first kappa shape index (κ1) is 18.5. The average molecular weight is 356 g/mol. The van der Waals surface area contributed by atoms with Crippen LogP contribution in [0, 0.1) is 5.41 Å². The molecule has 1 aromatic rings. The van der Waals surface area contributed by atoms with Crippen LogP contribution < -0.4 is 10.1 Å². The molecule has 0 atom stereocenters. The summed E-state index contributed by atoms with van der Waals surface area (Å²) < 4.78 is 6.98. The molecule has 2 nitrogen and oxygen atoms in total. The van der Waals surface area contributed by atoms with Crippen molar-refractivity contribution in [2.24, 2.45) is 5.41 Å². The summed E-state index contributed by atoms with van der Waals surface area (Å²) in [5.74, 6) is 0.939. The zero-order valence-electron chi connectivity index (χ0n) is 14.1. The van der Waals surface area contributed by atoms with Crippen molar-refractivity contribution in [1.82, 2.24) is 5.32 Å². The molecule has 0 fully saturated rings. The first-order valence-corrected chi connectivity index (χ1v) is 8.73. The molecule has 0 radical (unpaired) electrons. The maximum absolute atomic E-state index is 5.92. The lowest BCUT2D eigenvalue weighted by atomic mass is 9.79. The monoisotopic (exact) mass is 355 g/mol. The van der Waals surface area contributed by atoms with Crippen LogP contribution in [-0.2, 0) is 0 Å². The van der Waals surface area contributed by atoms with Crippen molar-refractivity contribution in [3.05, 3.63) is 28.7 Å². The molecular weight excluding hydrogens is 326 g/mol. The SMILES string of the molecule is CCC(CC)(CCOc1cccc(Br)c1)CNC(C)(C)C. The Morgan fingerprint density at radius 1 is 1.14 bits per heavy atom. The summed E-state index contributed by atoms with van der Waals surface area (Å²) in [4.78, 5) is 0. The summed E-state index contributed by atoms with van der Waals surface area (Å²) >= 11 is 3.48. The number of halogens is 1. The largest absolute Gasteiger partial charge is 0.494 e. The van der Waals surface area contributed by atoms with E-state index in [0.29, 0.717) is 5.41 Å². The van der Waals surface area contributed by atoms with Crippen molar-refractivity contribution in [2.45, 2.75) is 59.4 Å². The smallest absolute Gasteiger partial charge is 0.120 e. The van der Waals surface area contributed by atoms with E-state index in [1.54, 1.807) is 0 Å². The third kappa shape index (κ3) is 6.84. The fourth-order valence-corrected chi connectivity index (χ4v) is 2.72. The molecule has 120 valence electrons. The normalized spacial score (nSPS) is 12.5. The van der Waals surface area contributed by atoms with Gasteiger partial charge in [-0.05, 0) is 63.6 Å². The fourth-order valence-electron chi connectivity index (χ4n) is 2.34. The van der Waals surface area contributed by atoms with Crippen LogP contribution in [0.3, 0.4) is 0 Å². The molecule has 0 aliphatic rings. The topological polar surface area (TPSA) is 21.3 Å². The Labute approximate surface area is 138 Å². The second-order valence-electron chi connectivity index (χ2n) is 6.87. The van der Waals surface area contributed by atoms with Crippen LogP contribution in [0.2, 0.25) is 0 Å². The van der Waals surface area contributed by atoms with Gasteiger partial charge in [-0.15, -0.1) is 0 Å². The van der Waals surface area contributed by atoms with Crippen LogP contribution in [0.1, 0.15) is 53.9 Å². The van der Waals surface area contributed by atoms with Gasteiger partial charge in [0.05, 0.1) is 6.61 Å². The summed E-state index contributed by atoms with van der Waals surface area (Å²) in [5, 5.41) is 3.66. The van der Waals surface area contributed by atoms with Gasteiger partial charge in [0.1, 0.15) is 5.75 Å². The molecule has 0 bridgehead atoms. The van der Waals surface area contributed by atoms with E-state index in [0.717, 1.165) is 29.8 Å². The van der Waals surface area contributed by atoms with Crippen LogP contribution in [0.4, 0.5) is 0 Å². The highest BCUT2D eigenvalue weighted by Crippen LogP contribution is 2.31. The second kappa shape index (κ2) is 8.19. The van der Waals surface area contributed by atoms with Gasteiger partial charge < -0.3 is 10.1 Å². The number of benzene rings is 1. The first-order valence-electron chi connectivity index (χ1n) is 7.94. The van der Waals surface area contributed by atoms with E-state index in [4.69, 9.17) is 4.74 Å². The minimum atomic E-state index is 0.167. The van der Waals surface area contributed by atoms with Gasteiger partial charge in [-0.2, -0.15) is 0 Å². The summed E-state index contributed by atoms with van der Waals surface area (Å²) in [6.07, 6.45) is 3.43. The van der Waals surface area contributed by atoms with Crippen LogP contribution in [0.15, 0.2) is 28.7 Å². The van der Waals surface area contributed by atoms with Crippen LogP contribution in [0.5, 0.6) is 5.75 Å². The van der Waals surface area contributed by atoms with Crippen LogP contribution in [-0.4, -0.2) is 18.7 Å². The minimum absolute atomic E-state index is 0.167. The number of rotatable bonds is 8. The maximum Gasteiger partial charge on any atom is 0.120 e. The lowest BCUT2D eigenvalue weighted by molar-refractivity contribution is 0.162. The van der Waals surface area contributed by atoms with Gasteiger partial charge in [0.2, 0.25) is 0 Å². The molecule has 0 saturated heterocycles. The lowest BCUT2D eigenvalue weighted by Gasteiger charge is -2.35. The Kier molecular flexibility index (Phi) is 7.22. The van der Waals surface area contributed by atoms with Gasteiger partial charge in [-0.1, -0.05) is 35.8 Å². The molecule has 21 heavy (non-hydrogen) atoms. The fraction of sp³-hybridized carbons (Fsp3) is 0.667. The van der Waals surface area contributed by atoms with Crippen molar-refractivity contribution >= 4 is 15.9 Å². The quantitative estimate of drug-likeness (QED) is 0.672. The van der Waals surface area contributed by atoms with E-state index < -0.39 is 0 Å². The standard InChI is InChI=1S/C18H30BrNO/c1-6-18(7-2,14-20-17(3,4)5)11-12-21-16-10-8-9-15(19)13-16/h8-10,13,20H,6-7,11-12,14H2,1-5H3. The van der Waals surface area contributed by atoms with E-state index in [1.807, 2.05) is 24.3 Å². The Morgan fingerprint density at radius 2 is 1.81 bits per heavy atom. The number of hydrogen-bond acceptors (Lipinski definition) is 2. The molecule has 1 rings (SSSR count). The Morgan fingerprint density at radius 3 is 2.33 bits per heavy atom. The van der Waals surface area contributed by atoms with E-state index >= 15 is 0 Å². The molecule has 0 aliphatic heterocycles. The van der Waals surface area contributed by atoms with E-state index in [2.05, 4.69) is 55.9 Å². The summed E-state index contributed by atoms with van der Waals surface area (Å²) in [6.45, 7) is 13.1. The lowest BCUT2D eigenvalue weighted by Crippen LogP contribution is -2.44. The molecule has 0 aliphatic carbocycles. The zero-order chi connectivity index (χ0) is 15.9. The molecule has 0 aromatic heterocycles. The predicted octanol–water partition coefficient (Wildman–Crippen LogP) is 5.41. The Bertz CT molecular complexity index is 421. The van der Waals surface area contributed by atoms with E-state index in [1.165, 1.54) is 12.8 Å². The van der Waals surface area contributed by atoms with Gasteiger partial charge in [0.25, 0.3) is 0 Å². The summed E-state index contributed by atoms with van der Waals surface area (Å²) in [6, 6.07) is 8.06. The molecule has 0 heterocycles. The number of hydrogen-bond donors (Lipinski definition) is 1. The highest BCUT2D eigenvalue weighted by molar-refractivity contribution is 9.10. The van der Waals surface area contributed by atoms with Gasteiger partial charge >= 0.3 is 0 Å². The Hall–Kier alpha value is -0.540. The molecule has 0 unspecified atom stereocenters. The van der Waals surface area contributed by atoms with Crippen LogP contribution in [0.25, 0.3) is 0 Å². The highest BCUT2D eigenvalue weighted by atomic mass is 79.9. The van der Waals surface area contributed by atoms with Crippen molar-refractivity contribution in [2.75, 3.05) is 13.2 Å². The van der Waals surface area contributed by atoms with Crippen molar-refractivity contribution in [3.63, 3.8) is 0 Å². The van der Waals surface area contributed by atoms with Crippen LogP contribution >= 0.6 is 15.9 Å². The van der Waals surface area contributed by atoms with Crippen molar-refractivity contribution in [3.8, 4) is 5.75 Å². The zero-order valence-corrected chi connectivity index (χ0v) is 15.7. The average Bonchev–Trinajstić information content (AvgIpc) is 2.42. The van der Waals surface area contributed by atoms with Gasteiger partial charge in [0, 0.05) is 16.6 Å². The molecule has 0 spiro atoms.